The average Bonchev–Trinajstić information content (AvgIpc) is 2.32. The molecule has 0 spiro atoms. The third-order valence-electron chi connectivity index (χ3n) is 2.51. The van der Waals surface area contributed by atoms with E-state index in [-0.39, 0.29) is 18.6 Å². The minimum Gasteiger partial charge on any atom is -0.450 e. The summed E-state index contributed by atoms with van der Waals surface area (Å²) in [6, 6.07) is 0. The van der Waals surface area contributed by atoms with Crippen molar-refractivity contribution in [1.82, 2.24) is 0 Å². The Hall–Kier alpha value is -1.65. The third kappa shape index (κ3) is 3.42. The molecular weight excluding hydrogens is 239 g/mol. The number of alkyl halides is 1. The van der Waals surface area contributed by atoms with Gasteiger partial charge in [0.25, 0.3) is 0 Å². The largest absolute Gasteiger partial charge is 0.450 e. The molecule has 0 saturated heterocycles. The van der Waals surface area contributed by atoms with Gasteiger partial charge in [0.1, 0.15) is 0 Å². The van der Waals surface area contributed by atoms with Crippen molar-refractivity contribution in [3.05, 3.63) is 24.0 Å². The topological polar surface area (TPSA) is 52.6 Å². The van der Waals surface area contributed by atoms with E-state index in [0.717, 1.165) is 0 Å². The third-order valence-corrected chi connectivity index (χ3v) is 2.51. The van der Waals surface area contributed by atoms with Gasteiger partial charge in [0.15, 0.2) is 17.5 Å². The van der Waals surface area contributed by atoms with E-state index >= 15 is 0 Å². The number of ether oxygens (including phenoxy) is 2. The summed E-state index contributed by atoms with van der Waals surface area (Å²) < 4.78 is 24.2. The lowest BCUT2D eigenvalue weighted by Gasteiger charge is -2.30. The zero-order valence-electron chi connectivity index (χ0n) is 10.7. The number of esters is 2. The Morgan fingerprint density at radius 1 is 1.33 bits per heavy atom. The van der Waals surface area contributed by atoms with Gasteiger partial charge in [-0.1, -0.05) is 19.9 Å². The second-order valence-corrected chi connectivity index (χ2v) is 4.13. The maximum atomic E-state index is 14.2. The minimum absolute atomic E-state index is 0.0242. The van der Waals surface area contributed by atoms with Crippen LogP contribution >= 0.6 is 0 Å². The van der Waals surface area contributed by atoms with Crippen LogP contribution in [0, 0.1) is 0 Å². The van der Waals surface area contributed by atoms with Gasteiger partial charge in [0.05, 0.1) is 0 Å². The molecule has 2 unspecified atom stereocenters. The molecule has 100 valence electrons. The number of allylic oxidation sites excluding steroid dienone is 2. The summed E-state index contributed by atoms with van der Waals surface area (Å²) in [5.41, 5.74) is -1.89. The first kappa shape index (κ1) is 14.4. The number of carbonyl (C=O) groups excluding carboxylic acids is 2. The fourth-order valence-electron chi connectivity index (χ4n) is 1.46. The van der Waals surface area contributed by atoms with Crippen molar-refractivity contribution in [3.8, 4) is 0 Å². The predicted octanol–water partition coefficient (Wildman–Crippen LogP) is 2.44. The maximum Gasteiger partial charge on any atom is 0.310 e. The Bertz CT molecular complexity index is 396. The van der Waals surface area contributed by atoms with E-state index in [2.05, 4.69) is 0 Å². The van der Waals surface area contributed by atoms with Crippen molar-refractivity contribution in [1.29, 1.82) is 0 Å². The zero-order valence-corrected chi connectivity index (χ0v) is 10.7. The fourth-order valence-corrected chi connectivity index (χ4v) is 1.46. The first-order valence-electron chi connectivity index (χ1n) is 5.89. The van der Waals surface area contributed by atoms with E-state index in [9.17, 15) is 14.0 Å². The molecule has 1 aliphatic carbocycles. The van der Waals surface area contributed by atoms with Gasteiger partial charge in [-0.3, -0.25) is 9.59 Å². The van der Waals surface area contributed by atoms with Crippen molar-refractivity contribution in [3.63, 3.8) is 0 Å². The first-order valence-corrected chi connectivity index (χ1v) is 5.89. The monoisotopic (exact) mass is 256 g/mol. The molecule has 2 atom stereocenters. The van der Waals surface area contributed by atoms with Gasteiger partial charge in [-0.2, -0.15) is 0 Å². The van der Waals surface area contributed by atoms with Gasteiger partial charge in [0, 0.05) is 12.8 Å². The van der Waals surface area contributed by atoms with Crippen LogP contribution in [0.5, 0.6) is 0 Å². The lowest BCUT2D eigenvalue weighted by atomic mass is 9.94. The summed E-state index contributed by atoms with van der Waals surface area (Å²) in [6.07, 6.45) is 3.22. The molecule has 0 aromatic carbocycles. The summed E-state index contributed by atoms with van der Waals surface area (Å²) in [5.74, 6) is -1.02. The molecule has 5 heteroatoms. The van der Waals surface area contributed by atoms with Crippen LogP contribution in [0.25, 0.3) is 0 Å². The number of carbonyl (C=O) groups is 2. The molecule has 4 nitrogen and oxygen atoms in total. The molecule has 1 aliphatic rings. The van der Waals surface area contributed by atoms with Gasteiger partial charge in [-0.05, 0) is 19.1 Å². The van der Waals surface area contributed by atoms with E-state index in [4.69, 9.17) is 9.47 Å². The predicted molar refractivity (Wildman–Crippen MR) is 63.3 cm³/mol. The number of hydrogen-bond donors (Lipinski definition) is 0. The van der Waals surface area contributed by atoms with Crippen LogP contribution in [0.3, 0.4) is 0 Å². The number of rotatable bonds is 4. The highest BCUT2D eigenvalue weighted by atomic mass is 19.1. The van der Waals surface area contributed by atoms with E-state index in [1.54, 1.807) is 13.8 Å². The van der Waals surface area contributed by atoms with Gasteiger partial charge in [-0.25, -0.2) is 4.39 Å². The van der Waals surface area contributed by atoms with Gasteiger partial charge in [0.2, 0.25) is 0 Å². The lowest BCUT2D eigenvalue weighted by molar-refractivity contribution is -0.158. The summed E-state index contributed by atoms with van der Waals surface area (Å²) in [5, 5.41) is 0. The second-order valence-electron chi connectivity index (χ2n) is 4.13. The second kappa shape index (κ2) is 5.80. The summed E-state index contributed by atoms with van der Waals surface area (Å²) in [4.78, 5) is 22.5. The van der Waals surface area contributed by atoms with Gasteiger partial charge < -0.3 is 9.47 Å². The Labute approximate surface area is 105 Å². The molecular formula is C13H17FO4. The van der Waals surface area contributed by atoms with Crippen LogP contribution in [0.15, 0.2) is 24.0 Å². The van der Waals surface area contributed by atoms with Crippen molar-refractivity contribution >= 4 is 11.9 Å². The highest BCUT2D eigenvalue weighted by molar-refractivity contribution is 5.71. The molecule has 1 rings (SSSR count). The molecule has 0 saturated carbocycles. The normalized spacial score (nSPS) is 26.4. The van der Waals surface area contributed by atoms with E-state index in [1.807, 2.05) is 0 Å². The Kier molecular flexibility index (Phi) is 4.64. The molecule has 0 fully saturated rings. The Balaban J connectivity index is 2.90. The SMILES string of the molecule is CCC(=O)OC1=CC=CC(C)(F)C1OC(=O)CC. The van der Waals surface area contributed by atoms with E-state index in [1.165, 1.54) is 25.2 Å². The maximum absolute atomic E-state index is 14.2. The summed E-state index contributed by atoms with van der Waals surface area (Å²) in [6.45, 7) is 4.51. The molecule has 0 radical (unpaired) electrons. The summed E-state index contributed by atoms with van der Waals surface area (Å²) in [7, 11) is 0. The highest BCUT2D eigenvalue weighted by Crippen LogP contribution is 2.31. The van der Waals surface area contributed by atoms with Gasteiger partial charge in [-0.15, -0.1) is 0 Å². The van der Waals surface area contributed by atoms with Crippen LogP contribution in [0.1, 0.15) is 33.6 Å². The zero-order chi connectivity index (χ0) is 13.8. The number of hydrogen-bond acceptors (Lipinski definition) is 4. The smallest absolute Gasteiger partial charge is 0.310 e. The van der Waals surface area contributed by atoms with Crippen molar-refractivity contribution in [2.24, 2.45) is 0 Å². The van der Waals surface area contributed by atoms with Gasteiger partial charge >= 0.3 is 11.9 Å². The molecule has 18 heavy (non-hydrogen) atoms. The van der Waals surface area contributed by atoms with Crippen LogP contribution in [0.2, 0.25) is 0 Å². The molecule has 0 aromatic rings. The molecule has 0 amide bonds. The van der Waals surface area contributed by atoms with Crippen molar-refractivity contribution in [2.75, 3.05) is 0 Å². The lowest BCUT2D eigenvalue weighted by Crippen LogP contribution is -2.41. The van der Waals surface area contributed by atoms with Crippen LogP contribution in [0.4, 0.5) is 4.39 Å². The Morgan fingerprint density at radius 2 is 1.94 bits per heavy atom. The van der Waals surface area contributed by atoms with Crippen LogP contribution < -0.4 is 0 Å². The van der Waals surface area contributed by atoms with Crippen molar-refractivity contribution in [2.45, 2.75) is 45.4 Å². The fraction of sp³-hybridized carbons (Fsp3) is 0.538. The first-order chi connectivity index (χ1) is 8.40. The average molecular weight is 256 g/mol. The number of halogens is 1. The van der Waals surface area contributed by atoms with Crippen LogP contribution in [-0.4, -0.2) is 23.7 Å². The van der Waals surface area contributed by atoms with E-state index < -0.39 is 23.7 Å². The Morgan fingerprint density at radius 3 is 2.50 bits per heavy atom. The molecule has 0 bridgehead atoms. The molecule has 0 N–H and O–H groups in total. The minimum atomic E-state index is -1.89. The quantitative estimate of drug-likeness (QED) is 0.725. The standard InChI is InChI=1S/C13H17FO4/c1-4-10(15)17-9-7-6-8-13(3,14)12(9)18-11(16)5-2/h6-8,12H,4-5H2,1-3H3. The van der Waals surface area contributed by atoms with Crippen molar-refractivity contribution < 1.29 is 23.5 Å². The molecule has 0 aliphatic heterocycles. The highest BCUT2D eigenvalue weighted by Gasteiger charge is 2.41. The molecule has 0 aromatic heterocycles. The van der Waals surface area contributed by atoms with Crippen LogP contribution in [-0.2, 0) is 19.1 Å². The summed E-state index contributed by atoms with van der Waals surface area (Å²) >= 11 is 0. The van der Waals surface area contributed by atoms with E-state index in [0.29, 0.717) is 0 Å². The molecule has 0 heterocycles.